The molecule has 18 heavy (non-hydrogen) atoms. The second-order valence-corrected chi connectivity index (χ2v) is 4.81. The van der Waals surface area contributed by atoms with Gasteiger partial charge in [-0.05, 0) is 39.7 Å². The maximum Gasteiger partial charge on any atom is 0.134 e. The van der Waals surface area contributed by atoms with E-state index in [-0.39, 0.29) is 12.4 Å². The van der Waals surface area contributed by atoms with Crippen molar-refractivity contribution in [2.45, 2.75) is 13.2 Å². The molecule has 0 atom stereocenters. The normalized spacial score (nSPS) is 10.3. The molecular formula is C14H14BrNO2. The van der Waals surface area contributed by atoms with Crippen LogP contribution in [-0.4, -0.2) is 10.2 Å². The van der Waals surface area contributed by atoms with E-state index in [1.807, 2.05) is 36.4 Å². The Kier molecular flexibility index (Phi) is 4.23. The fourth-order valence-electron chi connectivity index (χ4n) is 1.68. The van der Waals surface area contributed by atoms with Gasteiger partial charge in [-0.3, -0.25) is 0 Å². The number of nitrogens with one attached hydrogen (secondary N) is 1. The fourth-order valence-corrected chi connectivity index (χ4v) is 2.09. The Balaban J connectivity index is 2.09. The van der Waals surface area contributed by atoms with Crippen LogP contribution in [0.4, 0.5) is 5.69 Å². The molecule has 2 rings (SSSR count). The molecule has 0 saturated heterocycles. The van der Waals surface area contributed by atoms with E-state index in [2.05, 4.69) is 21.2 Å². The molecule has 0 amide bonds. The number of anilines is 1. The highest BCUT2D eigenvalue weighted by Crippen LogP contribution is 2.27. The third-order valence-electron chi connectivity index (χ3n) is 2.66. The first-order chi connectivity index (χ1) is 8.70. The van der Waals surface area contributed by atoms with Crippen molar-refractivity contribution < 1.29 is 10.2 Å². The molecule has 3 N–H and O–H groups in total. The van der Waals surface area contributed by atoms with Crippen LogP contribution in [0.3, 0.4) is 0 Å². The number of aliphatic hydroxyl groups is 1. The number of hydrogen-bond acceptors (Lipinski definition) is 3. The van der Waals surface area contributed by atoms with Gasteiger partial charge in [0.1, 0.15) is 5.75 Å². The maximum absolute atomic E-state index is 9.85. The molecule has 0 unspecified atom stereocenters. The Morgan fingerprint density at radius 3 is 2.67 bits per heavy atom. The smallest absolute Gasteiger partial charge is 0.134 e. The third kappa shape index (κ3) is 3.03. The second-order valence-electron chi connectivity index (χ2n) is 3.96. The number of phenols is 1. The molecule has 94 valence electrons. The summed E-state index contributed by atoms with van der Waals surface area (Å²) >= 11 is 3.28. The molecule has 2 aromatic carbocycles. The summed E-state index contributed by atoms with van der Waals surface area (Å²) in [6.07, 6.45) is 0. The molecule has 0 heterocycles. The van der Waals surface area contributed by atoms with Gasteiger partial charge in [0.15, 0.2) is 0 Å². The Morgan fingerprint density at radius 1 is 1.11 bits per heavy atom. The Bertz CT molecular complexity index is 543. The van der Waals surface area contributed by atoms with Crippen molar-refractivity contribution in [2.75, 3.05) is 5.32 Å². The molecule has 0 bridgehead atoms. The Hall–Kier alpha value is -1.52. The van der Waals surface area contributed by atoms with E-state index in [1.54, 1.807) is 6.07 Å². The van der Waals surface area contributed by atoms with Crippen LogP contribution in [0, 0.1) is 0 Å². The lowest BCUT2D eigenvalue weighted by Gasteiger charge is -2.10. The molecule has 0 aliphatic heterocycles. The number of phenolic OH excluding ortho intramolecular Hbond substituents is 1. The van der Waals surface area contributed by atoms with Crippen molar-refractivity contribution in [1.29, 1.82) is 0 Å². The van der Waals surface area contributed by atoms with Gasteiger partial charge in [-0.15, -0.1) is 0 Å². The fraction of sp³-hybridized carbons (Fsp3) is 0.143. The molecule has 0 aliphatic carbocycles. The van der Waals surface area contributed by atoms with Gasteiger partial charge in [0, 0.05) is 17.8 Å². The topological polar surface area (TPSA) is 52.5 Å². The van der Waals surface area contributed by atoms with Gasteiger partial charge in [0.05, 0.1) is 11.1 Å². The predicted octanol–water partition coefficient (Wildman–Crippen LogP) is 3.26. The molecule has 0 radical (unpaired) electrons. The summed E-state index contributed by atoms with van der Waals surface area (Å²) in [5, 5.41) is 22.1. The minimum absolute atomic E-state index is 0.0255. The highest BCUT2D eigenvalue weighted by Gasteiger charge is 2.04. The molecule has 0 aromatic heterocycles. The standard InChI is InChI=1S/C14H14BrNO2/c15-13-6-2-4-11(14(13)18)8-16-12-5-1-3-10(7-12)9-17/h1-7,16-18H,8-9H2. The molecule has 0 fully saturated rings. The highest BCUT2D eigenvalue weighted by atomic mass is 79.9. The van der Waals surface area contributed by atoms with Gasteiger partial charge in [-0.1, -0.05) is 24.3 Å². The molecule has 0 aliphatic rings. The van der Waals surface area contributed by atoms with Crippen LogP contribution in [0.15, 0.2) is 46.9 Å². The zero-order valence-corrected chi connectivity index (χ0v) is 11.3. The van der Waals surface area contributed by atoms with Crippen molar-refractivity contribution >= 4 is 21.6 Å². The quantitative estimate of drug-likeness (QED) is 0.812. The lowest BCUT2D eigenvalue weighted by atomic mass is 10.2. The lowest BCUT2D eigenvalue weighted by Crippen LogP contribution is -2.00. The van der Waals surface area contributed by atoms with Crippen molar-refractivity contribution in [3.8, 4) is 5.75 Å². The van der Waals surface area contributed by atoms with E-state index in [0.717, 1.165) is 16.8 Å². The van der Waals surface area contributed by atoms with Crippen LogP contribution in [0.1, 0.15) is 11.1 Å². The van der Waals surface area contributed by atoms with Crippen molar-refractivity contribution in [3.63, 3.8) is 0 Å². The monoisotopic (exact) mass is 307 g/mol. The van der Waals surface area contributed by atoms with Crippen molar-refractivity contribution in [2.24, 2.45) is 0 Å². The first-order valence-electron chi connectivity index (χ1n) is 5.60. The number of para-hydroxylation sites is 1. The number of rotatable bonds is 4. The third-order valence-corrected chi connectivity index (χ3v) is 3.30. The first-order valence-corrected chi connectivity index (χ1v) is 6.40. The number of aliphatic hydroxyl groups excluding tert-OH is 1. The van der Waals surface area contributed by atoms with E-state index in [9.17, 15) is 5.11 Å². The van der Waals surface area contributed by atoms with Crippen molar-refractivity contribution in [3.05, 3.63) is 58.1 Å². The molecule has 0 spiro atoms. The molecule has 3 nitrogen and oxygen atoms in total. The summed E-state index contributed by atoms with van der Waals surface area (Å²) in [4.78, 5) is 0. The van der Waals surface area contributed by atoms with Gasteiger partial charge < -0.3 is 15.5 Å². The first kappa shape index (κ1) is 12.9. The summed E-state index contributed by atoms with van der Waals surface area (Å²) in [6, 6.07) is 13.1. The second kappa shape index (κ2) is 5.89. The molecule has 0 saturated carbocycles. The predicted molar refractivity (Wildman–Crippen MR) is 75.5 cm³/mol. The zero-order chi connectivity index (χ0) is 13.0. The summed E-state index contributed by atoms with van der Waals surface area (Å²) in [5.74, 6) is 0.253. The SMILES string of the molecule is OCc1cccc(NCc2cccc(Br)c2O)c1. The lowest BCUT2D eigenvalue weighted by molar-refractivity contribution is 0.282. The van der Waals surface area contributed by atoms with Gasteiger partial charge in [-0.2, -0.15) is 0 Å². The number of hydrogen-bond donors (Lipinski definition) is 3. The van der Waals surface area contributed by atoms with Gasteiger partial charge in [0.2, 0.25) is 0 Å². The van der Waals surface area contributed by atoms with Crippen LogP contribution >= 0.6 is 15.9 Å². The minimum Gasteiger partial charge on any atom is -0.506 e. The zero-order valence-electron chi connectivity index (χ0n) is 9.73. The summed E-state index contributed by atoms with van der Waals surface area (Å²) in [7, 11) is 0. The van der Waals surface area contributed by atoms with E-state index < -0.39 is 0 Å². The summed E-state index contributed by atoms with van der Waals surface area (Å²) in [5.41, 5.74) is 2.60. The number of aromatic hydroxyl groups is 1. The van der Waals surface area contributed by atoms with Crippen molar-refractivity contribution in [1.82, 2.24) is 0 Å². The van der Waals surface area contributed by atoms with Crippen LogP contribution in [-0.2, 0) is 13.2 Å². The van der Waals surface area contributed by atoms with Crippen LogP contribution in [0.2, 0.25) is 0 Å². The van der Waals surface area contributed by atoms with E-state index in [1.165, 1.54) is 0 Å². The van der Waals surface area contributed by atoms with Crippen LogP contribution < -0.4 is 5.32 Å². The summed E-state index contributed by atoms with van der Waals surface area (Å²) < 4.78 is 0.686. The number of benzene rings is 2. The molecule has 2 aromatic rings. The number of halogens is 1. The molecular weight excluding hydrogens is 294 g/mol. The minimum atomic E-state index is 0.0255. The van der Waals surface area contributed by atoms with Gasteiger partial charge >= 0.3 is 0 Å². The Morgan fingerprint density at radius 2 is 1.89 bits per heavy atom. The van der Waals surface area contributed by atoms with E-state index in [0.29, 0.717) is 11.0 Å². The summed E-state index contributed by atoms with van der Waals surface area (Å²) in [6.45, 7) is 0.553. The van der Waals surface area contributed by atoms with Crippen LogP contribution in [0.25, 0.3) is 0 Å². The van der Waals surface area contributed by atoms with Gasteiger partial charge in [-0.25, -0.2) is 0 Å². The van der Waals surface area contributed by atoms with Gasteiger partial charge in [0.25, 0.3) is 0 Å². The Labute approximate surface area is 114 Å². The average molecular weight is 308 g/mol. The average Bonchev–Trinajstić information content (AvgIpc) is 2.41. The molecule has 4 heteroatoms. The highest BCUT2D eigenvalue weighted by molar-refractivity contribution is 9.10. The van der Waals surface area contributed by atoms with Crippen LogP contribution in [0.5, 0.6) is 5.75 Å². The van der Waals surface area contributed by atoms with E-state index >= 15 is 0 Å². The largest absolute Gasteiger partial charge is 0.506 e. The maximum atomic E-state index is 9.85. The van der Waals surface area contributed by atoms with E-state index in [4.69, 9.17) is 5.11 Å².